The van der Waals surface area contributed by atoms with Crippen molar-refractivity contribution in [2.45, 2.75) is 26.2 Å². The minimum atomic E-state index is -0.907. The van der Waals surface area contributed by atoms with Crippen LogP contribution in [0.5, 0.6) is 23.0 Å². The molecule has 2 amide bonds. The van der Waals surface area contributed by atoms with Gasteiger partial charge in [0.25, 0.3) is 0 Å². The second kappa shape index (κ2) is 9.09. The predicted octanol–water partition coefficient (Wildman–Crippen LogP) is 4.63. The van der Waals surface area contributed by atoms with E-state index in [1.54, 1.807) is 56.8 Å². The Bertz CT molecular complexity index is 1270. The van der Waals surface area contributed by atoms with Crippen LogP contribution in [-0.4, -0.2) is 49.0 Å². The highest BCUT2D eigenvalue weighted by Crippen LogP contribution is 2.49. The van der Waals surface area contributed by atoms with Crippen LogP contribution in [0, 0.1) is 11.3 Å². The number of hydrogen-bond acceptors (Lipinski definition) is 6. The minimum absolute atomic E-state index is 0.0315. The number of nitrogens with one attached hydrogen (secondary N) is 1. The van der Waals surface area contributed by atoms with E-state index in [1.807, 2.05) is 11.0 Å². The van der Waals surface area contributed by atoms with Crippen LogP contribution in [0.25, 0.3) is 10.9 Å². The zero-order valence-corrected chi connectivity index (χ0v) is 20.2. The molecule has 1 aliphatic heterocycles. The van der Waals surface area contributed by atoms with E-state index in [-0.39, 0.29) is 11.8 Å². The van der Waals surface area contributed by atoms with Gasteiger partial charge < -0.3 is 24.4 Å². The van der Waals surface area contributed by atoms with Gasteiger partial charge in [0.2, 0.25) is 11.8 Å². The Labute approximate surface area is 204 Å². The van der Waals surface area contributed by atoms with Gasteiger partial charge in [0.15, 0.2) is 11.5 Å². The fourth-order valence-corrected chi connectivity index (χ4v) is 4.61. The standard InChI is InChI=1S/C27H29N3O5/c1-17-9-13-30(16-17)26(32)27(10-11-27)25(31)29-18-4-6-19(7-5-18)35-22-8-12-28-21-15-24(34-3)23(33-2)14-20(21)22/h4-8,12,14-15,17H,9-11,13,16H2,1-3H3,(H,29,31). The average molecular weight is 476 g/mol. The van der Waals surface area contributed by atoms with Crippen LogP contribution in [0.4, 0.5) is 5.69 Å². The molecule has 1 saturated carbocycles. The molecule has 1 aliphatic carbocycles. The number of likely N-dealkylation sites (tertiary alicyclic amines) is 1. The lowest BCUT2D eigenvalue weighted by molar-refractivity contribution is -0.141. The second-order valence-electron chi connectivity index (χ2n) is 9.34. The summed E-state index contributed by atoms with van der Waals surface area (Å²) >= 11 is 0. The molecule has 182 valence electrons. The maximum absolute atomic E-state index is 13.0. The number of pyridine rings is 1. The molecule has 2 heterocycles. The third-order valence-corrected chi connectivity index (χ3v) is 6.85. The molecule has 3 aromatic rings. The fraction of sp³-hybridized carbons (Fsp3) is 0.370. The lowest BCUT2D eigenvalue weighted by Gasteiger charge is -2.22. The smallest absolute Gasteiger partial charge is 0.240 e. The fourth-order valence-electron chi connectivity index (χ4n) is 4.61. The molecule has 35 heavy (non-hydrogen) atoms. The monoisotopic (exact) mass is 475 g/mol. The number of carbonyl (C=O) groups excluding carboxylic acids is 2. The van der Waals surface area contributed by atoms with E-state index in [4.69, 9.17) is 14.2 Å². The van der Waals surface area contributed by atoms with Crippen LogP contribution in [0.1, 0.15) is 26.2 Å². The molecule has 8 heteroatoms. The SMILES string of the molecule is COc1cc2nccc(Oc3ccc(NC(=O)C4(C(=O)N5CCC(C)C5)CC4)cc3)c2cc1OC. The first-order valence-electron chi connectivity index (χ1n) is 11.8. The van der Waals surface area contributed by atoms with E-state index in [1.165, 1.54) is 0 Å². The molecule has 1 unspecified atom stereocenters. The Kier molecular flexibility index (Phi) is 5.96. The zero-order valence-electron chi connectivity index (χ0n) is 20.2. The molecule has 0 spiro atoms. The van der Waals surface area contributed by atoms with Crippen molar-refractivity contribution in [1.29, 1.82) is 0 Å². The summed E-state index contributed by atoms with van der Waals surface area (Å²) in [6.07, 6.45) is 3.88. The van der Waals surface area contributed by atoms with Gasteiger partial charge in [-0.1, -0.05) is 6.92 Å². The first kappa shape index (κ1) is 23.0. The average Bonchev–Trinajstić information content (AvgIpc) is 3.58. The molecular formula is C27H29N3O5. The number of ether oxygens (including phenoxy) is 3. The lowest BCUT2D eigenvalue weighted by atomic mass is 10.0. The van der Waals surface area contributed by atoms with Crippen molar-refractivity contribution in [2.75, 3.05) is 32.6 Å². The quantitative estimate of drug-likeness (QED) is 0.501. The molecule has 2 aromatic carbocycles. The summed E-state index contributed by atoms with van der Waals surface area (Å²) in [6, 6.07) is 12.5. The molecule has 1 saturated heterocycles. The van der Waals surface area contributed by atoms with Gasteiger partial charge in [-0.05, 0) is 61.6 Å². The summed E-state index contributed by atoms with van der Waals surface area (Å²) in [5.41, 5.74) is 0.438. The van der Waals surface area contributed by atoms with Gasteiger partial charge in [0, 0.05) is 36.4 Å². The molecule has 5 rings (SSSR count). The Morgan fingerprint density at radius 3 is 2.37 bits per heavy atom. The van der Waals surface area contributed by atoms with E-state index in [2.05, 4.69) is 17.2 Å². The first-order valence-corrected chi connectivity index (χ1v) is 11.8. The molecular weight excluding hydrogens is 446 g/mol. The van der Waals surface area contributed by atoms with Crippen molar-refractivity contribution in [3.63, 3.8) is 0 Å². The van der Waals surface area contributed by atoms with Gasteiger partial charge >= 0.3 is 0 Å². The Morgan fingerprint density at radius 2 is 1.74 bits per heavy atom. The van der Waals surface area contributed by atoms with Gasteiger partial charge in [-0.2, -0.15) is 0 Å². The topological polar surface area (TPSA) is 90.0 Å². The Balaban J connectivity index is 1.29. The summed E-state index contributed by atoms with van der Waals surface area (Å²) in [6.45, 7) is 3.62. The van der Waals surface area contributed by atoms with Gasteiger partial charge in [-0.15, -0.1) is 0 Å². The molecule has 0 bridgehead atoms. The van der Waals surface area contributed by atoms with Crippen LogP contribution >= 0.6 is 0 Å². The molecule has 1 N–H and O–H groups in total. The van der Waals surface area contributed by atoms with Crippen molar-refractivity contribution in [2.24, 2.45) is 11.3 Å². The van der Waals surface area contributed by atoms with Crippen LogP contribution in [-0.2, 0) is 9.59 Å². The highest BCUT2D eigenvalue weighted by atomic mass is 16.5. The van der Waals surface area contributed by atoms with E-state index >= 15 is 0 Å². The highest BCUT2D eigenvalue weighted by molar-refractivity contribution is 6.13. The number of amides is 2. The molecule has 2 aliphatic rings. The Hall–Kier alpha value is -3.81. The van der Waals surface area contributed by atoms with Gasteiger partial charge in [0.05, 0.1) is 19.7 Å². The molecule has 1 atom stereocenters. The number of benzene rings is 2. The summed E-state index contributed by atoms with van der Waals surface area (Å²) in [5, 5.41) is 3.71. The summed E-state index contributed by atoms with van der Waals surface area (Å²) in [5.74, 6) is 2.64. The van der Waals surface area contributed by atoms with Crippen molar-refractivity contribution in [1.82, 2.24) is 9.88 Å². The van der Waals surface area contributed by atoms with Gasteiger partial charge in [-0.3, -0.25) is 14.6 Å². The number of hydrogen-bond donors (Lipinski definition) is 1. The molecule has 8 nitrogen and oxygen atoms in total. The van der Waals surface area contributed by atoms with Crippen molar-refractivity contribution in [3.05, 3.63) is 48.7 Å². The predicted molar refractivity (Wildman–Crippen MR) is 132 cm³/mol. The lowest BCUT2D eigenvalue weighted by Crippen LogP contribution is -2.41. The molecule has 1 aromatic heterocycles. The third-order valence-electron chi connectivity index (χ3n) is 6.85. The third kappa shape index (κ3) is 4.36. The van der Waals surface area contributed by atoms with E-state index in [9.17, 15) is 9.59 Å². The van der Waals surface area contributed by atoms with Crippen LogP contribution in [0.3, 0.4) is 0 Å². The maximum atomic E-state index is 13.0. The number of carbonyl (C=O) groups is 2. The second-order valence-corrected chi connectivity index (χ2v) is 9.34. The number of rotatable bonds is 7. The summed E-state index contributed by atoms with van der Waals surface area (Å²) < 4.78 is 16.9. The van der Waals surface area contributed by atoms with E-state index in [0.717, 1.165) is 30.4 Å². The zero-order chi connectivity index (χ0) is 24.6. The largest absolute Gasteiger partial charge is 0.493 e. The summed E-state index contributed by atoms with van der Waals surface area (Å²) in [4.78, 5) is 32.2. The number of anilines is 1. The van der Waals surface area contributed by atoms with Gasteiger partial charge in [0.1, 0.15) is 16.9 Å². The number of nitrogens with zero attached hydrogens (tertiary/aromatic N) is 2. The highest BCUT2D eigenvalue weighted by Gasteiger charge is 2.58. The van der Waals surface area contributed by atoms with E-state index in [0.29, 0.717) is 47.4 Å². The maximum Gasteiger partial charge on any atom is 0.240 e. The summed E-state index contributed by atoms with van der Waals surface area (Å²) in [7, 11) is 3.16. The minimum Gasteiger partial charge on any atom is -0.493 e. The number of methoxy groups -OCH3 is 2. The molecule has 0 radical (unpaired) electrons. The van der Waals surface area contributed by atoms with Crippen molar-refractivity contribution < 1.29 is 23.8 Å². The van der Waals surface area contributed by atoms with E-state index < -0.39 is 5.41 Å². The van der Waals surface area contributed by atoms with Crippen molar-refractivity contribution >= 4 is 28.4 Å². The Morgan fingerprint density at radius 1 is 1.03 bits per heavy atom. The number of fused-ring (bicyclic) bond motifs is 1. The van der Waals surface area contributed by atoms with Gasteiger partial charge in [-0.25, -0.2) is 0 Å². The number of aromatic nitrogens is 1. The van der Waals surface area contributed by atoms with Crippen molar-refractivity contribution in [3.8, 4) is 23.0 Å². The molecule has 2 fully saturated rings. The normalized spacial score (nSPS) is 18.3. The van der Waals surface area contributed by atoms with Crippen LogP contribution < -0.4 is 19.5 Å². The van der Waals surface area contributed by atoms with Crippen LogP contribution in [0.15, 0.2) is 48.7 Å². The van der Waals surface area contributed by atoms with Crippen LogP contribution in [0.2, 0.25) is 0 Å². The first-order chi connectivity index (χ1) is 16.9.